The van der Waals surface area contributed by atoms with E-state index in [0.29, 0.717) is 36.4 Å². The molecule has 2 aliphatic heterocycles. The number of aromatic nitrogens is 1. The maximum Gasteiger partial charge on any atom is 0.272 e. The van der Waals surface area contributed by atoms with Crippen LogP contribution in [0, 0.1) is 19.3 Å². The van der Waals surface area contributed by atoms with Crippen molar-refractivity contribution in [2.24, 2.45) is 0 Å². The molecule has 1 aromatic heterocycles. The smallest absolute Gasteiger partial charge is 0.272 e. The average molecular weight is 523 g/mol. The van der Waals surface area contributed by atoms with Gasteiger partial charge in [0.1, 0.15) is 17.5 Å². The summed E-state index contributed by atoms with van der Waals surface area (Å²) in [6, 6.07) is 6.51. The number of pyridine rings is 1. The van der Waals surface area contributed by atoms with Gasteiger partial charge in [-0.2, -0.15) is 0 Å². The van der Waals surface area contributed by atoms with E-state index in [9.17, 15) is 4.79 Å². The first kappa shape index (κ1) is 25.5. The van der Waals surface area contributed by atoms with Crippen molar-refractivity contribution < 1.29 is 13.9 Å². The van der Waals surface area contributed by atoms with Crippen LogP contribution in [0.3, 0.4) is 0 Å². The summed E-state index contributed by atoms with van der Waals surface area (Å²) in [4.78, 5) is 29.0. The molecule has 5 rings (SSSR count). The Morgan fingerprint density at radius 1 is 1.22 bits per heavy atom. The molecule has 1 aromatic carbocycles. The van der Waals surface area contributed by atoms with E-state index in [1.165, 1.54) is 17.2 Å². The largest absolute Gasteiger partial charge is 0.493 e. The highest BCUT2D eigenvalue weighted by molar-refractivity contribution is 7.81. The monoisotopic (exact) mass is 522 g/mol. The molecular weight excluding hydrogens is 491 g/mol. The molecule has 1 amide bonds. The molecule has 3 heterocycles. The number of rotatable bonds is 7. The Hall–Kier alpha value is -3.13. The van der Waals surface area contributed by atoms with E-state index < -0.39 is 11.4 Å². The topological polar surface area (TPSA) is 56.5 Å². The van der Waals surface area contributed by atoms with Crippen LogP contribution in [0.25, 0.3) is 4.85 Å². The molecule has 2 saturated heterocycles. The molecule has 2 aromatic rings. The van der Waals surface area contributed by atoms with Crippen molar-refractivity contribution in [3.63, 3.8) is 0 Å². The number of hydrogen-bond acceptors (Lipinski definition) is 6. The number of benzene rings is 1. The maximum absolute atomic E-state index is 15.5. The molecule has 3 fully saturated rings. The van der Waals surface area contributed by atoms with Gasteiger partial charge in [0.05, 0.1) is 18.0 Å². The van der Waals surface area contributed by atoms with Gasteiger partial charge in [0.2, 0.25) is 0 Å². The predicted octanol–water partition coefficient (Wildman–Crippen LogP) is 4.16. The van der Waals surface area contributed by atoms with Crippen molar-refractivity contribution in [1.29, 1.82) is 0 Å². The standard InChI is InChI=1S/C27H31FN6O2S/c1-19-16-20(18-30-24(19)29-2)33-25(35)27(8-4-9-27)34(26(33)37)23-7-6-21(17-22(23)28)36-15-5-10-32-13-11-31(3)12-14-32/h6-7,16-18H,4-5,8-15H2,1,3H3. The van der Waals surface area contributed by atoms with Crippen LogP contribution in [0.1, 0.15) is 31.2 Å². The molecule has 1 saturated carbocycles. The summed E-state index contributed by atoms with van der Waals surface area (Å²) >= 11 is 5.74. The predicted molar refractivity (Wildman–Crippen MR) is 145 cm³/mol. The summed E-state index contributed by atoms with van der Waals surface area (Å²) in [7, 11) is 2.14. The Bertz CT molecular complexity index is 1250. The molecule has 0 atom stereocenters. The van der Waals surface area contributed by atoms with E-state index >= 15 is 4.39 Å². The van der Waals surface area contributed by atoms with Crippen LogP contribution in [-0.2, 0) is 4.79 Å². The second-order valence-corrected chi connectivity index (χ2v) is 10.4. The number of nitrogens with zero attached hydrogens (tertiary/aromatic N) is 6. The van der Waals surface area contributed by atoms with Crippen LogP contribution in [0.4, 0.5) is 21.6 Å². The Morgan fingerprint density at radius 3 is 2.59 bits per heavy atom. The third kappa shape index (κ3) is 4.67. The molecule has 8 nitrogen and oxygen atoms in total. The summed E-state index contributed by atoms with van der Waals surface area (Å²) in [6.07, 6.45) is 4.41. The molecule has 0 unspecified atom stereocenters. The minimum absolute atomic E-state index is 0.177. The van der Waals surface area contributed by atoms with Crippen LogP contribution < -0.4 is 14.5 Å². The first-order chi connectivity index (χ1) is 17.8. The molecule has 0 bridgehead atoms. The number of ether oxygens (including phenoxy) is 1. The highest BCUT2D eigenvalue weighted by Gasteiger charge is 2.60. The summed E-state index contributed by atoms with van der Waals surface area (Å²) in [6.45, 7) is 14.8. The second-order valence-electron chi connectivity index (χ2n) is 10.0. The third-order valence-electron chi connectivity index (χ3n) is 7.64. The van der Waals surface area contributed by atoms with Gasteiger partial charge >= 0.3 is 0 Å². The van der Waals surface area contributed by atoms with Gasteiger partial charge in [0.15, 0.2) is 10.9 Å². The molecule has 1 aliphatic carbocycles. The van der Waals surface area contributed by atoms with Crippen molar-refractivity contribution in [2.75, 3.05) is 56.2 Å². The number of carbonyl (C=O) groups excluding carboxylic acids is 1. The van der Waals surface area contributed by atoms with Gasteiger partial charge in [-0.05, 0) is 75.6 Å². The van der Waals surface area contributed by atoms with Crippen molar-refractivity contribution in [3.8, 4) is 5.75 Å². The first-order valence-corrected chi connectivity index (χ1v) is 13.1. The fourth-order valence-electron chi connectivity index (χ4n) is 5.28. The summed E-state index contributed by atoms with van der Waals surface area (Å²) in [5.41, 5.74) is 0.529. The van der Waals surface area contributed by atoms with Crippen molar-refractivity contribution in [3.05, 3.63) is 53.3 Å². The fraction of sp³-hybridized carbons (Fsp3) is 0.481. The molecule has 37 heavy (non-hydrogen) atoms. The zero-order valence-electron chi connectivity index (χ0n) is 21.2. The van der Waals surface area contributed by atoms with Gasteiger partial charge in [-0.3, -0.25) is 9.69 Å². The quantitative estimate of drug-likeness (QED) is 0.308. The number of halogens is 1. The van der Waals surface area contributed by atoms with E-state index in [4.69, 9.17) is 23.5 Å². The van der Waals surface area contributed by atoms with Gasteiger partial charge in [0, 0.05) is 38.8 Å². The van der Waals surface area contributed by atoms with Crippen LogP contribution >= 0.6 is 12.2 Å². The Balaban J connectivity index is 1.30. The SMILES string of the molecule is [C-]#[N+]c1ncc(N2C(=O)C3(CCC3)N(c3ccc(OCCCN4CCN(C)CC4)cc3F)C2=S)cc1C. The van der Waals surface area contributed by atoms with Crippen molar-refractivity contribution in [1.82, 2.24) is 14.8 Å². The molecule has 1 spiro atoms. The van der Waals surface area contributed by atoms with E-state index in [1.807, 2.05) is 0 Å². The maximum atomic E-state index is 15.5. The van der Waals surface area contributed by atoms with Crippen molar-refractivity contribution >= 4 is 40.4 Å². The molecule has 10 heteroatoms. The Morgan fingerprint density at radius 2 is 1.97 bits per heavy atom. The number of amides is 1. The van der Waals surface area contributed by atoms with Gasteiger partial charge in [-0.25, -0.2) is 4.39 Å². The summed E-state index contributed by atoms with van der Waals surface area (Å²) in [5, 5.41) is 0.223. The first-order valence-electron chi connectivity index (χ1n) is 12.7. The van der Waals surface area contributed by atoms with Crippen LogP contribution in [0.5, 0.6) is 5.75 Å². The molecule has 0 N–H and O–H groups in total. The third-order valence-corrected chi connectivity index (χ3v) is 8.00. The highest BCUT2D eigenvalue weighted by Crippen LogP contribution is 2.48. The van der Waals surface area contributed by atoms with Crippen LogP contribution in [0.15, 0.2) is 30.5 Å². The lowest BCUT2D eigenvalue weighted by Gasteiger charge is -2.43. The number of anilines is 2. The normalized spacial score (nSPS) is 19.8. The van der Waals surface area contributed by atoms with Crippen LogP contribution in [0.2, 0.25) is 0 Å². The minimum Gasteiger partial charge on any atom is -0.493 e. The highest BCUT2D eigenvalue weighted by atomic mass is 32.1. The molecular formula is C27H31FN6O2S. The van der Waals surface area contributed by atoms with E-state index in [-0.39, 0.29) is 22.5 Å². The second kappa shape index (κ2) is 10.3. The number of likely N-dealkylation sites (N-methyl/N-ethyl adjacent to an activating group) is 1. The number of thiocarbonyl (C=S) groups is 1. The summed E-state index contributed by atoms with van der Waals surface area (Å²) in [5.74, 6) is 0.0912. The van der Waals surface area contributed by atoms with Gasteiger partial charge in [-0.1, -0.05) is 6.57 Å². The Labute approximate surface area is 222 Å². The lowest BCUT2D eigenvalue weighted by Crippen LogP contribution is -2.55. The lowest BCUT2D eigenvalue weighted by molar-refractivity contribution is -0.123. The Kier molecular flexibility index (Phi) is 7.12. The fourth-order valence-corrected chi connectivity index (χ4v) is 5.75. The number of carbonyl (C=O) groups is 1. The zero-order valence-corrected chi connectivity index (χ0v) is 22.1. The van der Waals surface area contributed by atoms with Gasteiger partial charge in [0.25, 0.3) is 11.7 Å². The molecule has 3 aliphatic rings. The number of piperazine rings is 1. The van der Waals surface area contributed by atoms with E-state index in [1.54, 1.807) is 30.0 Å². The van der Waals surface area contributed by atoms with Gasteiger partial charge in [-0.15, -0.1) is 4.98 Å². The van der Waals surface area contributed by atoms with E-state index in [2.05, 4.69) is 26.7 Å². The van der Waals surface area contributed by atoms with Gasteiger partial charge < -0.3 is 24.3 Å². The lowest BCUT2D eigenvalue weighted by atomic mass is 9.75. The summed E-state index contributed by atoms with van der Waals surface area (Å²) < 4.78 is 21.3. The molecule has 0 radical (unpaired) electrons. The minimum atomic E-state index is -0.894. The average Bonchev–Trinajstić information content (AvgIpc) is 3.09. The zero-order chi connectivity index (χ0) is 26.2. The molecule has 194 valence electrons. The number of hydrogen-bond donors (Lipinski definition) is 0. The van der Waals surface area contributed by atoms with Crippen molar-refractivity contribution in [2.45, 2.75) is 38.1 Å². The van der Waals surface area contributed by atoms with Crippen LogP contribution in [-0.4, -0.2) is 77.7 Å². The van der Waals surface area contributed by atoms with E-state index in [0.717, 1.165) is 45.6 Å². The number of aryl methyl sites for hydroxylation is 1.